The highest BCUT2D eigenvalue weighted by molar-refractivity contribution is 5.79. The van der Waals surface area contributed by atoms with Crippen LogP contribution >= 0.6 is 0 Å². The Hall–Kier alpha value is -1.42. The first-order valence-electron chi connectivity index (χ1n) is 5.20. The molecule has 1 rings (SSSR count). The van der Waals surface area contributed by atoms with Crippen molar-refractivity contribution in [2.75, 3.05) is 0 Å². The molecule has 1 aromatic rings. The number of carbonyl (C=O) groups excluding carboxylic acids is 1. The van der Waals surface area contributed by atoms with E-state index in [2.05, 4.69) is 5.32 Å². The fourth-order valence-corrected chi connectivity index (χ4v) is 1.51. The van der Waals surface area contributed by atoms with E-state index in [0.29, 0.717) is 17.7 Å². The molecule has 0 aliphatic carbocycles. The molecule has 16 heavy (non-hydrogen) atoms. The van der Waals surface area contributed by atoms with Gasteiger partial charge in [-0.05, 0) is 37.5 Å². The predicted molar refractivity (Wildman–Crippen MR) is 61.4 cm³/mol. The molecular weight excluding hydrogens is 207 g/mol. The minimum atomic E-state index is -0.393. The van der Waals surface area contributed by atoms with Gasteiger partial charge >= 0.3 is 0 Å². The van der Waals surface area contributed by atoms with Gasteiger partial charge in [0.05, 0.1) is 6.04 Å². The largest absolute Gasteiger partial charge is 0.368 e. The molecule has 0 aliphatic rings. The highest BCUT2D eigenvalue weighted by Crippen LogP contribution is 2.14. The van der Waals surface area contributed by atoms with Crippen LogP contribution in [0.2, 0.25) is 0 Å². The first-order chi connectivity index (χ1) is 7.41. The van der Waals surface area contributed by atoms with Crippen molar-refractivity contribution in [3.05, 3.63) is 34.6 Å². The molecule has 88 valence electrons. The zero-order valence-corrected chi connectivity index (χ0v) is 9.80. The van der Waals surface area contributed by atoms with E-state index in [4.69, 9.17) is 5.73 Å². The Balaban J connectivity index is 2.72. The maximum atomic E-state index is 13.3. The summed E-state index contributed by atoms with van der Waals surface area (Å²) >= 11 is 0. The Morgan fingerprint density at radius 1 is 1.44 bits per heavy atom. The fourth-order valence-electron chi connectivity index (χ4n) is 1.51. The van der Waals surface area contributed by atoms with E-state index in [1.807, 2.05) is 0 Å². The van der Waals surface area contributed by atoms with Crippen LogP contribution in [0.5, 0.6) is 0 Å². The standard InChI is InChI=1S/C12H17FN2O/c1-7-4-10(5-8(2)11(7)13)6-15-9(3)12(14)16/h4-5,9,15H,6H2,1-3H3,(H2,14,16). The number of nitrogens with two attached hydrogens (primary N) is 1. The van der Waals surface area contributed by atoms with Gasteiger partial charge < -0.3 is 11.1 Å². The van der Waals surface area contributed by atoms with Crippen molar-refractivity contribution in [3.63, 3.8) is 0 Å². The Kier molecular flexibility index (Phi) is 4.01. The smallest absolute Gasteiger partial charge is 0.234 e. The molecule has 4 heteroatoms. The topological polar surface area (TPSA) is 55.1 Å². The number of hydrogen-bond donors (Lipinski definition) is 2. The molecule has 3 nitrogen and oxygen atoms in total. The van der Waals surface area contributed by atoms with E-state index in [-0.39, 0.29) is 11.9 Å². The number of nitrogens with one attached hydrogen (secondary N) is 1. The lowest BCUT2D eigenvalue weighted by molar-refractivity contribution is -0.119. The highest BCUT2D eigenvalue weighted by Gasteiger charge is 2.08. The van der Waals surface area contributed by atoms with E-state index < -0.39 is 5.91 Å². The number of carbonyl (C=O) groups is 1. The van der Waals surface area contributed by atoms with Gasteiger partial charge in [0.25, 0.3) is 0 Å². The van der Waals surface area contributed by atoms with Gasteiger partial charge in [0.15, 0.2) is 0 Å². The molecule has 0 radical (unpaired) electrons. The molecular formula is C12H17FN2O. The molecule has 0 heterocycles. The zero-order chi connectivity index (χ0) is 12.3. The lowest BCUT2D eigenvalue weighted by atomic mass is 10.1. The van der Waals surface area contributed by atoms with Gasteiger partial charge in [0.2, 0.25) is 5.91 Å². The average Bonchev–Trinajstić information content (AvgIpc) is 2.22. The molecule has 1 amide bonds. The monoisotopic (exact) mass is 224 g/mol. The van der Waals surface area contributed by atoms with Crippen molar-refractivity contribution >= 4 is 5.91 Å². The number of hydrogen-bond acceptors (Lipinski definition) is 2. The van der Waals surface area contributed by atoms with Crippen LogP contribution in [0.3, 0.4) is 0 Å². The molecule has 0 aromatic heterocycles. The molecule has 1 unspecified atom stereocenters. The molecule has 0 saturated carbocycles. The quantitative estimate of drug-likeness (QED) is 0.812. The Morgan fingerprint density at radius 3 is 2.38 bits per heavy atom. The van der Waals surface area contributed by atoms with Gasteiger partial charge in [0, 0.05) is 6.54 Å². The number of halogens is 1. The number of amides is 1. The van der Waals surface area contributed by atoms with Crippen LogP contribution in [-0.2, 0) is 11.3 Å². The summed E-state index contributed by atoms with van der Waals surface area (Å²) in [5, 5.41) is 2.98. The molecule has 3 N–H and O–H groups in total. The van der Waals surface area contributed by atoms with Crippen LogP contribution in [0, 0.1) is 19.7 Å². The molecule has 0 bridgehead atoms. The van der Waals surface area contributed by atoms with Crippen molar-refractivity contribution in [2.24, 2.45) is 5.73 Å². The predicted octanol–water partition coefficient (Wildman–Crippen LogP) is 1.41. The van der Waals surface area contributed by atoms with Gasteiger partial charge in [-0.25, -0.2) is 4.39 Å². The summed E-state index contributed by atoms with van der Waals surface area (Å²) < 4.78 is 13.3. The van der Waals surface area contributed by atoms with Crippen molar-refractivity contribution < 1.29 is 9.18 Å². The maximum absolute atomic E-state index is 13.3. The fraction of sp³-hybridized carbons (Fsp3) is 0.417. The SMILES string of the molecule is Cc1cc(CNC(C)C(N)=O)cc(C)c1F. The second kappa shape index (κ2) is 5.07. The summed E-state index contributed by atoms with van der Waals surface area (Å²) in [6.07, 6.45) is 0. The average molecular weight is 224 g/mol. The van der Waals surface area contributed by atoms with Crippen molar-refractivity contribution in [3.8, 4) is 0 Å². The van der Waals surface area contributed by atoms with Crippen molar-refractivity contribution in [1.29, 1.82) is 0 Å². The Labute approximate surface area is 94.8 Å². The van der Waals surface area contributed by atoms with Gasteiger partial charge in [-0.1, -0.05) is 12.1 Å². The molecule has 0 aliphatic heterocycles. The number of benzene rings is 1. The third-order valence-electron chi connectivity index (χ3n) is 2.54. The molecule has 1 atom stereocenters. The van der Waals surface area contributed by atoms with Gasteiger partial charge in [0.1, 0.15) is 5.82 Å². The summed E-state index contributed by atoms with van der Waals surface area (Å²) in [5.74, 6) is -0.567. The maximum Gasteiger partial charge on any atom is 0.234 e. The second-order valence-corrected chi connectivity index (χ2v) is 4.05. The molecule has 1 aromatic carbocycles. The van der Waals surface area contributed by atoms with Gasteiger partial charge in [-0.15, -0.1) is 0 Å². The normalized spacial score (nSPS) is 12.5. The van der Waals surface area contributed by atoms with Crippen LogP contribution in [0.4, 0.5) is 4.39 Å². The summed E-state index contributed by atoms with van der Waals surface area (Å²) in [6, 6.07) is 3.15. The van der Waals surface area contributed by atoms with Gasteiger partial charge in [-0.3, -0.25) is 4.79 Å². The third-order valence-corrected chi connectivity index (χ3v) is 2.54. The lowest BCUT2D eigenvalue weighted by Crippen LogP contribution is -2.38. The first kappa shape index (κ1) is 12.6. The summed E-state index contributed by atoms with van der Waals surface area (Å²) in [5.41, 5.74) is 7.30. The van der Waals surface area contributed by atoms with E-state index in [1.165, 1.54) is 0 Å². The van der Waals surface area contributed by atoms with E-state index >= 15 is 0 Å². The number of primary amides is 1. The van der Waals surface area contributed by atoms with Crippen LogP contribution in [0.1, 0.15) is 23.6 Å². The van der Waals surface area contributed by atoms with Crippen LogP contribution in [-0.4, -0.2) is 11.9 Å². The van der Waals surface area contributed by atoms with Crippen LogP contribution in [0.25, 0.3) is 0 Å². The molecule has 0 saturated heterocycles. The van der Waals surface area contributed by atoms with E-state index in [1.54, 1.807) is 32.9 Å². The second-order valence-electron chi connectivity index (χ2n) is 4.05. The Bertz CT molecular complexity index is 381. The summed E-state index contributed by atoms with van der Waals surface area (Å²) in [6.45, 7) is 5.66. The van der Waals surface area contributed by atoms with Crippen LogP contribution < -0.4 is 11.1 Å². The van der Waals surface area contributed by atoms with E-state index in [0.717, 1.165) is 5.56 Å². The summed E-state index contributed by atoms with van der Waals surface area (Å²) in [4.78, 5) is 10.8. The summed E-state index contributed by atoms with van der Waals surface area (Å²) in [7, 11) is 0. The number of aryl methyl sites for hydroxylation is 2. The highest BCUT2D eigenvalue weighted by atomic mass is 19.1. The molecule has 0 spiro atoms. The minimum absolute atomic E-state index is 0.174. The van der Waals surface area contributed by atoms with Crippen molar-refractivity contribution in [1.82, 2.24) is 5.32 Å². The first-order valence-corrected chi connectivity index (χ1v) is 5.20. The number of rotatable bonds is 4. The van der Waals surface area contributed by atoms with Gasteiger partial charge in [-0.2, -0.15) is 0 Å². The van der Waals surface area contributed by atoms with Crippen molar-refractivity contribution in [2.45, 2.75) is 33.4 Å². The lowest BCUT2D eigenvalue weighted by Gasteiger charge is -2.11. The minimum Gasteiger partial charge on any atom is -0.368 e. The zero-order valence-electron chi connectivity index (χ0n) is 9.80. The molecule has 0 fully saturated rings. The van der Waals surface area contributed by atoms with E-state index in [9.17, 15) is 9.18 Å². The van der Waals surface area contributed by atoms with Crippen LogP contribution in [0.15, 0.2) is 12.1 Å². The third kappa shape index (κ3) is 3.03. The Morgan fingerprint density at radius 2 is 1.94 bits per heavy atom.